The smallest absolute Gasteiger partial charge is 0.166 e. The van der Waals surface area contributed by atoms with Gasteiger partial charge < -0.3 is 5.32 Å². The largest absolute Gasteiger partial charge is 0.314 e. The summed E-state index contributed by atoms with van der Waals surface area (Å²) in [6, 6.07) is 1.59. The molecule has 0 aromatic heterocycles. The Morgan fingerprint density at radius 2 is 1.59 bits per heavy atom. The quantitative estimate of drug-likeness (QED) is 0.858. The molecule has 1 saturated heterocycles. The Kier molecular flexibility index (Phi) is 5.03. The molecule has 2 nitrogen and oxygen atoms in total. The maximum absolute atomic E-state index is 14.4. The second-order valence-corrected chi connectivity index (χ2v) is 6.39. The zero-order valence-electron chi connectivity index (χ0n) is 12.8. The highest BCUT2D eigenvalue weighted by molar-refractivity contribution is 5.26. The summed E-state index contributed by atoms with van der Waals surface area (Å²) in [5.41, 5.74) is -0.0613. The third-order valence-electron chi connectivity index (χ3n) is 5.02. The number of halogens is 3. The number of rotatable bonds is 3. The molecule has 2 fully saturated rings. The van der Waals surface area contributed by atoms with Crippen LogP contribution in [0, 0.1) is 23.4 Å². The monoisotopic (exact) mass is 312 g/mol. The van der Waals surface area contributed by atoms with Gasteiger partial charge in [-0.15, -0.1) is 0 Å². The number of nitrogens with zero attached hydrogens (tertiary/aromatic N) is 1. The van der Waals surface area contributed by atoms with E-state index < -0.39 is 17.5 Å². The van der Waals surface area contributed by atoms with Crippen LogP contribution in [0.1, 0.15) is 43.7 Å². The van der Waals surface area contributed by atoms with Crippen LogP contribution in [-0.4, -0.2) is 31.1 Å². The lowest BCUT2D eigenvalue weighted by Gasteiger charge is -2.41. The van der Waals surface area contributed by atoms with Crippen molar-refractivity contribution in [1.82, 2.24) is 10.2 Å². The van der Waals surface area contributed by atoms with Crippen LogP contribution in [0.2, 0.25) is 0 Å². The van der Waals surface area contributed by atoms with Crippen LogP contribution in [-0.2, 0) is 0 Å². The Bertz CT molecular complexity index is 491. The lowest BCUT2D eigenvalue weighted by atomic mass is 9.79. The van der Waals surface area contributed by atoms with E-state index in [1.54, 1.807) is 0 Å². The molecule has 1 aromatic carbocycles. The van der Waals surface area contributed by atoms with E-state index in [2.05, 4.69) is 10.2 Å². The Labute approximate surface area is 129 Å². The van der Waals surface area contributed by atoms with E-state index in [0.717, 1.165) is 64.0 Å². The van der Waals surface area contributed by atoms with Crippen molar-refractivity contribution in [3.8, 4) is 0 Å². The van der Waals surface area contributed by atoms with E-state index >= 15 is 0 Å². The maximum Gasteiger partial charge on any atom is 0.166 e. The van der Waals surface area contributed by atoms with Gasteiger partial charge in [-0.2, -0.15) is 0 Å². The molecule has 2 aliphatic rings. The molecule has 1 aliphatic heterocycles. The van der Waals surface area contributed by atoms with Crippen molar-refractivity contribution in [2.45, 2.75) is 38.1 Å². The van der Waals surface area contributed by atoms with Crippen molar-refractivity contribution in [1.29, 1.82) is 0 Å². The fraction of sp³-hybridized carbons (Fsp3) is 0.647. The molecule has 1 N–H and O–H groups in total. The van der Waals surface area contributed by atoms with Crippen LogP contribution >= 0.6 is 0 Å². The summed E-state index contributed by atoms with van der Waals surface area (Å²) in [6.07, 6.45) is 5.28. The van der Waals surface area contributed by atoms with Crippen LogP contribution in [0.5, 0.6) is 0 Å². The van der Waals surface area contributed by atoms with Crippen molar-refractivity contribution in [3.63, 3.8) is 0 Å². The Balaban J connectivity index is 1.98. The van der Waals surface area contributed by atoms with Crippen molar-refractivity contribution in [2.24, 2.45) is 5.92 Å². The highest BCUT2D eigenvalue weighted by Gasteiger charge is 2.35. The molecule has 1 heterocycles. The summed E-state index contributed by atoms with van der Waals surface area (Å²) in [6.45, 7) is 3.11. The van der Waals surface area contributed by atoms with E-state index in [1.807, 2.05) is 0 Å². The minimum absolute atomic E-state index is 0.0613. The summed E-state index contributed by atoms with van der Waals surface area (Å²) >= 11 is 0. The Hall–Kier alpha value is -1.07. The van der Waals surface area contributed by atoms with Crippen LogP contribution in [0.15, 0.2) is 12.1 Å². The van der Waals surface area contributed by atoms with Gasteiger partial charge in [0.25, 0.3) is 0 Å². The minimum Gasteiger partial charge on any atom is -0.314 e. The Morgan fingerprint density at radius 1 is 0.955 bits per heavy atom. The molecular weight excluding hydrogens is 289 g/mol. The highest BCUT2D eigenvalue weighted by Crippen LogP contribution is 2.40. The van der Waals surface area contributed by atoms with Gasteiger partial charge in [-0.3, -0.25) is 4.90 Å². The SMILES string of the molecule is Fc1ccc(F)c([C@@H](C2CCCCC2)N2CCNCC2)c1F. The van der Waals surface area contributed by atoms with Gasteiger partial charge in [-0.1, -0.05) is 19.3 Å². The molecule has 0 unspecified atom stereocenters. The number of piperazine rings is 1. The van der Waals surface area contributed by atoms with Gasteiger partial charge in [0.05, 0.1) is 0 Å². The van der Waals surface area contributed by atoms with Crippen LogP contribution < -0.4 is 5.32 Å². The molecule has 5 heteroatoms. The summed E-state index contributed by atoms with van der Waals surface area (Å²) in [7, 11) is 0. The average Bonchev–Trinajstić information content (AvgIpc) is 2.57. The van der Waals surface area contributed by atoms with E-state index in [-0.39, 0.29) is 17.5 Å². The van der Waals surface area contributed by atoms with Crippen molar-refractivity contribution < 1.29 is 13.2 Å². The predicted octanol–water partition coefficient (Wildman–Crippen LogP) is 3.63. The van der Waals surface area contributed by atoms with Crippen LogP contribution in [0.3, 0.4) is 0 Å². The standard InChI is InChI=1S/C17H23F3N2/c18-13-6-7-14(19)16(20)15(13)17(12-4-2-1-3-5-12)22-10-8-21-9-11-22/h6-7,12,17,21H,1-5,8-11H2/t17-/m1/s1. The first-order chi connectivity index (χ1) is 10.7. The van der Waals surface area contributed by atoms with E-state index in [0.29, 0.717) is 0 Å². The molecular formula is C17H23F3N2. The zero-order valence-corrected chi connectivity index (χ0v) is 12.8. The summed E-state index contributed by atoms with van der Waals surface area (Å²) in [5.74, 6) is -2.37. The number of hydrogen-bond acceptors (Lipinski definition) is 2. The first-order valence-corrected chi connectivity index (χ1v) is 8.26. The summed E-state index contributed by atoms with van der Waals surface area (Å²) in [4.78, 5) is 2.13. The van der Waals surface area contributed by atoms with E-state index in [4.69, 9.17) is 0 Å². The second-order valence-electron chi connectivity index (χ2n) is 6.39. The predicted molar refractivity (Wildman–Crippen MR) is 80.1 cm³/mol. The van der Waals surface area contributed by atoms with Gasteiger partial charge in [-0.25, -0.2) is 13.2 Å². The molecule has 1 aromatic rings. The van der Waals surface area contributed by atoms with Gasteiger partial charge in [0.1, 0.15) is 5.82 Å². The van der Waals surface area contributed by atoms with Crippen molar-refractivity contribution in [3.05, 3.63) is 35.1 Å². The summed E-state index contributed by atoms with van der Waals surface area (Å²) in [5, 5.41) is 3.26. The first kappa shape index (κ1) is 15.8. The highest BCUT2D eigenvalue weighted by atomic mass is 19.2. The third kappa shape index (κ3) is 3.15. The lowest BCUT2D eigenvalue weighted by molar-refractivity contribution is 0.0970. The molecule has 1 saturated carbocycles. The number of benzene rings is 1. The van der Waals surface area contributed by atoms with Gasteiger partial charge in [0.2, 0.25) is 0 Å². The second kappa shape index (κ2) is 7.01. The Morgan fingerprint density at radius 3 is 2.27 bits per heavy atom. The topological polar surface area (TPSA) is 15.3 Å². The average molecular weight is 312 g/mol. The van der Waals surface area contributed by atoms with Crippen LogP contribution in [0.4, 0.5) is 13.2 Å². The molecule has 122 valence electrons. The zero-order chi connectivity index (χ0) is 15.5. The van der Waals surface area contributed by atoms with Crippen molar-refractivity contribution >= 4 is 0 Å². The minimum atomic E-state index is -1.01. The number of nitrogens with one attached hydrogen (secondary N) is 1. The van der Waals surface area contributed by atoms with Gasteiger partial charge >= 0.3 is 0 Å². The third-order valence-corrected chi connectivity index (χ3v) is 5.02. The lowest BCUT2D eigenvalue weighted by Crippen LogP contribution is -2.47. The molecule has 1 atom stereocenters. The fourth-order valence-corrected chi connectivity index (χ4v) is 3.94. The fourth-order valence-electron chi connectivity index (χ4n) is 3.94. The first-order valence-electron chi connectivity index (χ1n) is 8.26. The van der Waals surface area contributed by atoms with Gasteiger partial charge in [0.15, 0.2) is 11.6 Å². The van der Waals surface area contributed by atoms with Gasteiger partial charge in [0, 0.05) is 37.8 Å². The molecule has 0 bridgehead atoms. The van der Waals surface area contributed by atoms with Crippen molar-refractivity contribution in [2.75, 3.05) is 26.2 Å². The van der Waals surface area contributed by atoms with Gasteiger partial charge in [-0.05, 0) is 30.9 Å². The summed E-state index contributed by atoms with van der Waals surface area (Å²) < 4.78 is 42.4. The van der Waals surface area contributed by atoms with E-state index in [9.17, 15) is 13.2 Å². The molecule has 1 aliphatic carbocycles. The molecule has 0 spiro atoms. The molecule has 0 amide bonds. The van der Waals surface area contributed by atoms with E-state index in [1.165, 1.54) is 6.42 Å². The van der Waals surface area contributed by atoms with Crippen LogP contribution in [0.25, 0.3) is 0 Å². The normalized spacial score (nSPS) is 22.7. The number of hydrogen-bond donors (Lipinski definition) is 1. The molecule has 0 radical (unpaired) electrons. The molecule has 22 heavy (non-hydrogen) atoms. The molecule has 3 rings (SSSR count). The maximum atomic E-state index is 14.4.